The van der Waals surface area contributed by atoms with Crippen molar-refractivity contribution in [3.8, 4) is 5.75 Å². The summed E-state index contributed by atoms with van der Waals surface area (Å²) in [6.45, 7) is 1.62. The number of carbonyl (C=O) groups excluding carboxylic acids is 2. The molecule has 0 bridgehead atoms. The molecule has 0 saturated heterocycles. The SMILES string of the molecule is O=C(NCC1CC1)c1csc(COc2ccc3c(c2)C(c2ccc(F)cc2)N(C(=O)C2CC2)CC3)n1. The van der Waals surface area contributed by atoms with Gasteiger partial charge in [0, 0.05) is 24.4 Å². The summed E-state index contributed by atoms with van der Waals surface area (Å²) in [6, 6.07) is 12.1. The second kappa shape index (κ2) is 9.65. The Balaban J connectivity index is 1.20. The first kappa shape index (κ1) is 23.2. The topological polar surface area (TPSA) is 71.5 Å². The lowest BCUT2D eigenvalue weighted by Gasteiger charge is -2.38. The Morgan fingerprint density at radius 2 is 1.92 bits per heavy atom. The number of amides is 2. The zero-order chi connectivity index (χ0) is 24.6. The molecule has 3 aliphatic rings. The molecule has 2 aromatic carbocycles. The first-order valence-electron chi connectivity index (χ1n) is 12.6. The van der Waals surface area contributed by atoms with E-state index in [1.165, 1.54) is 41.9 Å². The second-order valence-electron chi connectivity index (χ2n) is 9.94. The van der Waals surface area contributed by atoms with E-state index in [2.05, 4.69) is 16.4 Å². The molecule has 6 rings (SSSR count). The standard InChI is InChI=1S/C28H28FN3O3S/c29-21-8-5-19(6-9-21)26-23-13-22(10-7-18(23)11-12-32(26)28(34)20-3-4-20)35-15-25-31-24(16-36-25)27(33)30-14-17-1-2-17/h5-10,13,16-17,20,26H,1-4,11-12,14-15H2,(H,30,33). The number of rotatable bonds is 8. The molecule has 1 N–H and O–H groups in total. The molecule has 8 heteroatoms. The first-order chi connectivity index (χ1) is 17.5. The maximum absolute atomic E-state index is 13.7. The number of hydrogen-bond acceptors (Lipinski definition) is 5. The summed E-state index contributed by atoms with van der Waals surface area (Å²) in [5, 5.41) is 5.43. The Hall–Kier alpha value is -3.26. The predicted octanol–water partition coefficient (Wildman–Crippen LogP) is 4.89. The summed E-state index contributed by atoms with van der Waals surface area (Å²) in [5.74, 6) is 1.15. The highest BCUT2D eigenvalue weighted by molar-refractivity contribution is 7.09. The zero-order valence-electron chi connectivity index (χ0n) is 19.9. The maximum Gasteiger partial charge on any atom is 0.270 e. The van der Waals surface area contributed by atoms with Gasteiger partial charge in [-0.25, -0.2) is 9.37 Å². The maximum atomic E-state index is 13.7. The smallest absolute Gasteiger partial charge is 0.270 e. The minimum absolute atomic E-state index is 0.106. The highest BCUT2D eigenvalue weighted by Crippen LogP contribution is 2.41. The van der Waals surface area contributed by atoms with Gasteiger partial charge in [-0.1, -0.05) is 18.2 Å². The van der Waals surface area contributed by atoms with Crippen molar-refractivity contribution in [3.63, 3.8) is 0 Å². The van der Waals surface area contributed by atoms with Gasteiger partial charge in [0.05, 0.1) is 6.04 Å². The van der Waals surface area contributed by atoms with Gasteiger partial charge < -0.3 is 15.0 Å². The van der Waals surface area contributed by atoms with E-state index in [4.69, 9.17) is 4.74 Å². The van der Waals surface area contributed by atoms with Gasteiger partial charge in [0.2, 0.25) is 5.91 Å². The Morgan fingerprint density at radius 1 is 1.11 bits per heavy atom. The van der Waals surface area contributed by atoms with Crippen molar-refractivity contribution < 1.29 is 18.7 Å². The van der Waals surface area contributed by atoms with Crippen molar-refractivity contribution in [2.75, 3.05) is 13.1 Å². The molecule has 1 aromatic heterocycles. The molecule has 1 unspecified atom stereocenters. The summed E-state index contributed by atoms with van der Waals surface area (Å²) < 4.78 is 19.7. The minimum Gasteiger partial charge on any atom is -0.486 e. The normalized spacial score (nSPS) is 19.0. The molecule has 2 fully saturated rings. The van der Waals surface area contributed by atoms with Gasteiger partial charge in [-0.15, -0.1) is 11.3 Å². The number of nitrogens with zero attached hydrogens (tertiary/aromatic N) is 2. The van der Waals surface area contributed by atoms with Crippen molar-refractivity contribution in [1.29, 1.82) is 0 Å². The fourth-order valence-electron chi connectivity index (χ4n) is 4.77. The number of aromatic nitrogens is 1. The molecule has 3 aromatic rings. The first-order valence-corrected chi connectivity index (χ1v) is 13.5. The number of halogens is 1. The van der Waals surface area contributed by atoms with Crippen LogP contribution in [0.2, 0.25) is 0 Å². The molecular formula is C28H28FN3O3S. The van der Waals surface area contributed by atoms with E-state index in [-0.39, 0.29) is 36.2 Å². The molecule has 2 heterocycles. The lowest BCUT2D eigenvalue weighted by Crippen LogP contribution is -2.41. The highest BCUT2D eigenvalue weighted by Gasteiger charge is 2.39. The van der Waals surface area contributed by atoms with Crippen LogP contribution in [0.25, 0.3) is 0 Å². The van der Waals surface area contributed by atoms with Gasteiger partial charge in [0.1, 0.15) is 28.9 Å². The van der Waals surface area contributed by atoms with Crippen LogP contribution >= 0.6 is 11.3 Å². The summed E-state index contributed by atoms with van der Waals surface area (Å²) in [7, 11) is 0. The summed E-state index contributed by atoms with van der Waals surface area (Å²) in [5.41, 5.74) is 3.50. The van der Waals surface area contributed by atoms with Crippen LogP contribution < -0.4 is 10.1 Å². The molecule has 36 heavy (non-hydrogen) atoms. The van der Waals surface area contributed by atoms with Crippen molar-refractivity contribution >= 4 is 23.2 Å². The number of fused-ring (bicyclic) bond motifs is 1. The number of nitrogens with one attached hydrogen (secondary N) is 1. The van der Waals surface area contributed by atoms with Crippen LogP contribution in [-0.4, -0.2) is 34.8 Å². The van der Waals surface area contributed by atoms with Gasteiger partial charge in [-0.3, -0.25) is 9.59 Å². The van der Waals surface area contributed by atoms with E-state index in [1.54, 1.807) is 17.5 Å². The van der Waals surface area contributed by atoms with Gasteiger partial charge >= 0.3 is 0 Å². The average Bonchev–Trinajstić information content (AvgIpc) is 3.84. The number of ether oxygens (including phenoxy) is 1. The van der Waals surface area contributed by atoms with Crippen LogP contribution in [0, 0.1) is 17.7 Å². The van der Waals surface area contributed by atoms with Crippen LogP contribution in [0.15, 0.2) is 47.8 Å². The Morgan fingerprint density at radius 3 is 2.67 bits per heavy atom. The van der Waals surface area contributed by atoms with E-state index < -0.39 is 0 Å². The summed E-state index contributed by atoms with van der Waals surface area (Å²) >= 11 is 1.40. The fraction of sp³-hybridized carbons (Fsp3) is 0.393. The third-order valence-electron chi connectivity index (χ3n) is 7.14. The average molecular weight is 506 g/mol. The molecule has 2 amide bonds. The Labute approximate surface area is 213 Å². The summed E-state index contributed by atoms with van der Waals surface area (Å²) in [4.78, 5) is 31.8. The van der Waals surface area contributed by atoms with Crippen LogP contribution in [0.3, 0.4) is 0 Å². The highest BCUT2D eigenvalue weighted by atomic mass is 32.1. The number of thiazole rings is 1. The monoisotopic (exact) mass is 505 g/mol. The third kappa shape index (κ3) is 5.00. The second-order valence-corrected chi connectivity index (χ2v) is 10.9. The van der Waals surface area contributed by atoms with Crippen LogP contribution in [0.4, 0.5) is 4.39 Å². The summed E-state index contributed by atoms with van der Waals surface area (Å²) in [6.07, 6.45) is 5.03. The molecule has 2 saturated carbocycles. The van der Waals surface area contributed by atoms with Gasteiger partial charge in [-0.2, -0.15) is 0 Å². The van der Waals surface area contributed by atoms with Crippen molar-refractivity contribution in [1.82, 2.24) is 15.2 Å². The van der Waals surface area contributed by atoms with Gasteiger partial charge in [0.15, 0.2) is 0 Å². The van der Waals surface area contributed by atoms with Crippen LogP contribution in [0.1, 0.15) is 63.9 Å². The van der Waals surface area contributed by atoms with Crippen LogP contribution in [0.5, 0.6) is 5.75 Å². The third-order valence-corrected chi connectivity index (χ3v) is 7.96. The molecule has 0 radical (unpaired) electrons. The number of carbonyl (C=O) groups is 2. The Bertz CT molecular complexity index is 1280. The number of hydrogen-bond donors (Lipinski definition) is 1. The predicted molar refractivity (Wildman–Crippen MR) is 134 cm³/mol. The molecular weight excluding hydrogens is 477 g/mol. The molecule has 0 spiro atoms. The van der Waals surface area contributed by atoms with E-state index in [0.717, 1.165) is 35.4 Å². The zero-order valence-corrected chi connectivity index (χ0v) is 20.7. The molecule has 2 aliphatic carbocycles. The van der Waals surface area contributed by atoms with E-state index in [0.29, 0.717) is 30.5 Å². The van der Waals surface area contributed by atoms with E-state index in [1.807, 2.05) is 17.0 Å². The quantitative estimate of drug-likeness (QED) is 0.474. The molecule has 186 valence electrons. The molecule has 1 aliphatic heterocycles. The number of benzene rings is 2. The van der Waals surface area contributed by atoms with Crippen molar-refractivity contribution in [3.05, 3.63) is 81.1 Å². The lowest BCUT2D eigenvalue weighted by atomic mass is 9.87. The van der Waals surface area contributed by atoms with E-state index in [9.17, 15) is 14.0 Å². The van der Waals surface area contributed by atoms with Crippen molar-refractivity contribution in [2.24, 2.45) is 11.8 Å². The fourth-order valence-corrected chi connectivity index (χ4v) is 5.45. The Kier molecular flexibility index (Phi) is 6.21. The molecule has 6 nitrogen and oxygen atoms in total. The lowest BCUT2D eigenvalue weighted by molar-refractivity contribution is -0.134. The van der Waals surface area contributed by atoms with E-state index >= 15 is 0 Å². The van der Waals surface area contributed by atoms with Crippen molar-refractivity contribution in [2.45, 2.75) is 44.8 Å². The minimum atomic E-state index is -0.295. The molecule has 1 atom stereocenters. The largest absolute Gasteiger partial charge is 0.486 e. The van der Waals surface area contributed by atoms with Crippen LogP contribution in [-0.2, 0) is 17.8 Å². The van der Waals surface area contributed by atoms with Gasteiger partial charge in [0.25, 0.3) is 5.91 Å². The van der Waals surface area contributed by atoms with Gasteiger partial charge in [-0.05, 0) is 79.0 Å².